The van der Waals surface area contributed by atoms with E-state index >= 15 is 0 Å². The summed E-state index contributed by atoms with van der Waals surface area (Å²) in [6.45, 7) is 11.3. The van der Waals surface area contributed by atoms with E-state index in [9.17, 15) is 0 Å². The van der Waals surface area contributed by atoms with Crippen LogP contribution in [0.25, 0.3) is 11.4 Å². The maximum absolute atomic E-state index is 4.67. The van der Waals surface area contributed by atoms with Gasteiger partial charge in [-0.2, -0.15) is 0 Å². The maximum Gasteiger partial charge on any atom is 0.159 e. The van der Waals surface area contributed by atoms with Crippen molar-refractivity contribution >= 4 is 0 Å². The topological polar surface area (TPSA) is 37.8 Å². The molecule has 1 heterocycles. The molecule has 3 nitrogen and oxygen atoms in total. The Hall–Kier alpha value is -1.74. The Morgan fingerprint density at radius 3 is 2.45 bits per heavy atom. The van der Waals surface area contributed by atoms with Gasteiger partial charge in [-0.15, -0.1) is 0 Å². The molecule has 1 aromatic heterocycles. The number of hydrogen-bond acceptors (Lipinski definition) is 3. The molecule has 0 radical (unpaired) electrons. The number of aryl methyl sites for hydroxylation is 2. The smallest absolute Gasteiger partial charge is 0.159 e. The zero-order valence-electron chi connectivity index (χ0n) is 13.0. The van der Waals surface area contributed by atoms with Gasteiger partial charge < -0.3 is 5.32 Å². The van der Waals surface area contributed by atoms with Gasteiger partial charge in [0, 0.05) is 23.3 Å². The van der Waals surface area contributed by atoms with Crippen LogP contribution < -0.4 is 5.32 Å². The third-order valence-electron chi connectivity index (χ3n) is 2.98. The summed E-state index contributed by atoms with van der Waals surface area (Å²) >= 11 is 0. The molecule has 0 aliphatic rings. The minimum Gasteiger partial charge on any atom is -0.306 e. The molecular weight excluding hydrogens is 246 g/mol. The summed E-state index contributed by atoms with van der Waals surface area (Å²) < 4.78 is 0. The standard InChI is InChI=1S/C17H23N3/c1-12-7-6-8-14(9-12)16-19-13(2)10-15(20-16)11-18-17(3,4)5/h6-10,18H,11H2,1-5H3. The average Bonchev–Trinajstić information content (AvgIpc) is 2.35. The Kier molecular flexibility index (Phi) is 4.19. The summed E-state index contributed by atoms with van der Waals surface area (Å²) in [6, 6.07) is 10.3. The summed E-state index contributed by atoms with van der Waals surface area (Å²) in [4.78, 5) is 9.23. The van der Waals surface area contributed by atoms with Crippen molar-refractivity contribution in [2.24, 2.45) is 0 Å². The van der Waals surface area contributed by atoms with Gasteiger partial charge in [0.15, 0.2) is 5.82 Å². The van der Waals surface area contributed by atoms with Gasteiger partial charge in [0.2, 0.25) is 0 Å². The molecule has 2 rings (SSSR count). The second-order valence-corrected chi connectivity index (χ2v) is 6.30. The monoisotopic (exact) mass is 269 g/mol. The van der Waals surface area contributed by atoms with E-state index in [2.05, 4.69) is 61.2 Å². The zero-order chi connectivity index (χ0) is 14.8. The van der Waals surface area contributed by atoms with Crippen molar-refractivity contribution in [1.29, 1.82) is 0 Å². The van der Waals surface area contributed by atoms with Crippen LogP contribution in [-0.4, -0.2) is 15.5 Å². The van der Waals surface area contributed by atoms with E-state index in [0.717, 1.165) is 29.3 Å². The van der Waals surface area contributed by atoms with Gasteiger partial charge in [0.25, 0.3) is 0 Å². The normalized spacial score (nSPS) is 11.7. The molecule has 0 amide bonds. The number of rotatable bonds is 3. The molecule has 20 heavy (non-hydrogen) atoms. The van der Waals surface area contributed by atoms with Gasteiger partial charge >= 0.3 is 0 Å². The zero-order valence-corrected chi connectivity index (χ0v) is 13.0. The van der Waals surface area contributed by atoms with Crippen molar-refractivity contribution in [3.63, 3.8) is 0 Å². The van der Waals surface area contributed by atoms with E-state index < -0.39 is 0 Å². The van der Waals surface area contributed by atoms with Crippen molar-refractivity contribution < 1.29 is 0 Å². The van der Waals surface area contributed by atoms with Crippen molar-refractivity contribution in [1.82, 2.24) is 15.3 Å². The van der Waals surface area contributed by atoms with E-state index in [0.29, 0.717) is 0 Å². The molecule has 106 valence electrons. The number of hydrogen-bond donors (Lipinski definition) is 1. The van der Waals surface area contributed by atoms with Crippen LogP contribution in [0, 0.1) is 13.8 Å². The molecule has 2 aromatic rings. The van der Waals surface area contributed by atoms with Crippen LogP contribution in [-0.2, 0) is 6.54 Å². The summed E-state index contributed by atoms with van der Waals surface area (Å²) in [5.41, 5.74) is 4.42. The van der Waals surface area contributed by atoms with E-state index in [1.54, 1.807) is 0 Å². The summed E-state index contributed by atoms with van der Waals surface area (Å²) in [7, 11) is 0. The van der Waals surface area contributed by atoms with Crippen LogP contribution in [0.15, 0.2) is 30.3 Å². The van der Waals surface area contributed by atoms with Crippen LogP contribution in [0.4, 0.5) is 0 Å². The Morgan fingerprint density at radius 1 is 1.05 bits per heavy atom. The molecule has 1 aromatic carbocycles. The highest BCUT2D eigenvalue weighted by Gasteiger charge is 2.10. The molecule has 0 saturated carbocycles. The predicted octanol–water partition coefficient (Wildman–Crippen LogP) is 3.65. The highest BCUT2D eigenvalue weighted by Crippen LogP contribution is 2.17. The third kappa shape index (κ3) is 4.14. The Bertz CT molecular complexity index is 597. The van der Waals surface area contributed by atoms with Crippen LogP contribution in [0.2, 0.25) is 0 Å². The fourth-order valence-electron chi connectivity index (χ4n) is 1.99. The van der Waals surface area contributed by atoms with Gasteiger partial charge in [0.1, 0.15) is 0 Å². The van der Waals surface area contributed by atoms with Gasteiger partial charge in [-0.25, -0.2) is 9.97 Å². The molecule has 0 bridgehead atoms. The molecule has 0 aliphatic carbocycles. The quantitative estimate of drug-likeness (QED) is 0.924. The molecule has 1 N–H and O–H groups in total. The van der Waals surface area contributed by atoms with Crippen LogP contribution >= 0.6 is 0 Å². The van der Waals surface area contributed by atoms with E-state index in [1.807, 2.05) is 19.1 Å². The second kappa shape index (κ2) is 5.71. The van der Waals surface area contributed by atoms with Crippen molar-refractivity contribution in [2.45, 2.75) is 46.7 Å². The van der Waals surface area contributed by atoms with E-state index in [4.69, 9.17) is 0 Å². The molecule has 0 fully saturated rings. The summed E-state index contributed by atoms with van der Waals surface area (Å²) in [5.74, 6) is 0.805. The molecular formula is C17H23N3. The van der Waals surface area contributed by atoms with Gasteiger partial charge in [0.05, 0.1) is 5.69 Å². The second-order valence-electron chi connectivity index (χ2n) is 6.30. The SMILES string of the molecule is Cc1cccc(-c2nc(C)cc(CNC(C)(C)C)n2)c1. The van der Waals surface area contributed by atoms with Crippen LogP contribution in [0.5, 0.6) is 0 Å². The molecule has 0 aliphatic heterocycles. The van der Waals surface area contributed by atoms with Gasteiger partial charge in [-0.05, 0) is 46.8 Å². The maximum atomic E-state index is 4.67. The average molecular weight is 269 g/mol. The lowest BCUT2D eigenvalue weighted by Gasteiger charge is -2.20. The van der Waals surface area contributed by atoms with Crippen LogP contribution in [0.3, 0.4) is 0 Å². The van der Waals surface area contributed by atoms with Gasteiger partial charge in [-0.1, -0.05) is 23.8 Å². The first-order valence-electron chi connectivity index (χ1n) is 7.00. The lowest BCUT2D eigenvalue weighted by molar-refractivity contribution is 0.421. The van der Waals surface area contributed by atoms with Crippen molar-refractivity contribution in [2.75, 3.05) is 0 Å². The highest BCUT2D eigenvalue weighted by molar-refractivity contribution is 5.56. The Morgan fingerprint density at radius 2 is 1.80 bits per heavy atom. The highest BCUT2D eigenvalue weighted by atomic mass is 15.0. The van der Waals surface area contributed by atoms with E-state index in [1.165, 1.54) is 5.56 Å². The third-order valence-corrected chi connectivity index (χ3v) is 2.98. The van der Waals surface area contributed by atoms with Gasteiger partial charge in [-0.3, -0.25) is 0 Å². The largest absolute Gasteiger partial charge is 0.306 e. The number of aromatic nitrogens is 2. The lowest BCUT2D eigenvalue weighted by Crippen LogP contribution is -2.35. The fourth-order valence-corrected chi connectivity index (χ4v) is 1.99. The van der Waals surface area contributed by atoms with E-state index in [-0.39, 0.29) is 5.54 Å². The fraction of sp³-hybridized carbons (Fsp3) is 0.412. The molecule has 0 unspecified atom stereocenters. The predicted molar refractivity (Wildman–Crippen MR) is 83.5 cm³/mol. The van der Waals surface area contributed by atoms with Crippen molar-refractivity contribution in [3.05, 3.63) is 47.3 Å². The first kappa shape index (κ1) is 14.7. The van der Waals surface area contributed by atoms with Crippen LogP contribution in [0.1, 0.15) is 37.7 Å². The number of benzene rings is 1. The summed E-state index contributed by atoms with van der Waals surface area (Å²) in [5, 5.41) is 3.47. The molecule has 0 spiro atoms. The minimum atomic E-state index is 0.0857. The Balaban J connectivity index is 2.29. The first-order chi connectivity index (χ1) is 9.33. The molecule has 0 saturated heterocycles. The number of nitrogens with zero attached hydrogens (tertiary/aromatic N) is 2. The minimum absolute atomic E-state index is 0.0857. The Labute approximate surface area is 121 Å². The molecule has 3 heteroatoms. The van der Waals surface area contributed by atoms with Crippen molar-refractivity contribution in [3.8, 4) is 11.4 Å². The summed E-state index contributed by atoms with van der Waals surface area (Å²) in [6.07, 6.45) is 0. The first-order valence-corrected chi connectivity index (χ1v) is 7.00. The lowest BCUT2D eigenvalue weighted by atomic mass is 10.1. The number of nitrogens with one attached hydrogen (secondary N) is 1. The molecule has 0 atom stereocenters.